The van der Waals surface area contributed by atoms with E-state index in [1.807, 2.05) is 11.4 Å². The van der Waals surface area contributed by atoms with Gasteiger partial charge in [-0.1, -0.05) is 6.42 Å². The molecular formula is C13H16BrNO3S. The number of rotatable bonds is 5. The van der Waals surface area contributed by atoms with Gasteiger partial charge >= 0.3 is 5.97 Å². The monoisotopic (exact) mass is 345 g/mol. The Kier molecular flexibility index (Phi) is 4.99. The van der Waals surface area contributed by atoms with Crippen LogP contribution < -0.4 is 5.32 Å². The maximum Gasteiger partial charge on any atom is 0.308 e. The quantitative estimate of drug-likeness (QED) is 0.862. The van der Waals surface area contributed by atoms with Gasteiger partial charge in [-0.05, 0) is 41.3 Å². The van der Waals surface area contributed by atoms with Gasteiger partial charge in [0.1, 0.15) is 0 Å². The van der Waals surface area contributed by atoms with Crippen LogP contribution in [0.3, 0.4) is 0 Å². The fourth-order valence-corrected chi connectivity index (χ4v) is 3.88. The van der Waals surface area contributed by atoms with Crippen molar-refractivity contribution in [1.29, 1.82) is 0 Å². The summed E-state index contributed by atoms with van der Waals surface area (Å²) < 4.78 is 1.04. The largest absolute Gasteiger partial charge is 0.481 e. The fraction of sp³-hybridized carbons (Fsp3) is 0.538. The summed E-state index contributed by atoms with van der Waals surface area (Å²) in [7, 11) is 0. The molecule has 0 spiro atoms. The zero-order chi connectivity index (χ0) is 13.8. The van der Waals surface area contributed by atoms with Crippen LogP contribution in [0.25, 0.3) is 0 Å². The first-order valence-corrected chi connectivity index (χ1v) is 7.98. The molecule has 1 heterocycles. The summed E-state index contributed by atoms with van der Waals surface area (Å²) in [4.78, 5) is 24.0. The lowest BCUT2D eigenvalue weighted by Crippen LogP contribution is -2.40. The van der Waals surface area contributed by atoms with E-state index in [-0.39, 0.29) is 11.9 Å². The van der Waals surface area contributed by atoms with Crippen molar-refractivity contribution in [2.45, 2.75) is 38.1 Å². The molecular weight excluding hydrogens is 330 g/mol. The van der Waals surface area contributed by atoms with Crippen molar-refractivity contribution in [2.75, 3.05) is 0 Å². The van der Waals surface area contributed by atoms with E-state index in [4.69, 9.17) is 5.11 Å². The molecule has 0 bridgehead atoms. The molecule has 1 fully saturated rings. The normalized spacial score (nSPS) is 22.4. The van der Waals surface area contributed by atoms with E-state index in [2.05, 4.69) is 21.2 Å². The van der Waals surface area contributed by atoms with E-state index in [1.165, 1.54) is 0 Å². The van der Waals surface area contributed by atoms with Gasteiger partial charge in [-0.2, -0.15) is 0 Å². The molecule has 1 aromatic heterocycles. The summed E-state index contributed by atoms with van der Waals surface area (Å²) in [5.74, 6) is -1.27. The van der Waals surface area contributed by atoms with E-state index < -0.39 is 11.9 Å². The highest BCUT2D eigenvalue weighted by molar-refractivity contribution is 9.10. The van der Waals surface area contributed by atoms with Crippen molar-refractivity contribution in [1.82, 2.24) is 5.32 Å². The second kappa shape index (κ2) is 6.52. The third kappa shape index (κ3) is 4.04. The van der Waals surface area contributed by atoms with Crippen LogP contribution in [0.15, 0.2) is 15.9 Å². The van der Waals surface area contributed by atoms with E-state index in [0.717, 1.165) is 22.2 Å². The molecule has 2 N–H and O–H groups in total. The maximum atomic E-state index is 11.8. The number of carboxylic acid groups (broad SMARTS) is 1. The van der Waals surface area contributed by atoms with Crippen LogP contribution >= 0.6 is 27.3 Å². The van der Waals surface area contributed by atoms with E-state index in [9.17, 15) is 9.59 Å². The Morgan fingerprint density at radius 1 is 1.47 bits per heavy atom. The van der Waals surface area contributed by atoms with Crippen molar-refractivity contribution >= 4 is 39.1 Å². The predicted octanol–water partition coefficient (Wildman–Crippen LogP) is 2.81. The number of thiophene rings is 1. The SMILES string of the molecule is O=C(CCc1cc(Br)cs1)N[C@H]1CCC[C@H]1C(=O)O. The average molecular weight is 346 g/mol. The van der Waals surface area contributed by atoms with Crippen LogP contribution in [0.4, 0.5) is 0 Å². The van der Waals surface area contributed by atoms with Gasteiger partial charge in [0.15, 0.2) is 0 Å². The molecule has 19 heavy (non-hydrogen) atoms. The standard InChI is InChI=1S/C13H16BrNO3S/c14-8-6-9(19-7-8)4-5-12(16)15-11-3-1-2-10(11)13(17)18/h6-7,10-11H,1-5H2,(H,15,16)(H,17,18)/t10-,11+/m1/s1. The molecule has 1 amide bonds. The van der Waals surface area contributed by atoms with E-state index in [1.54, 1.807) is 11.3 Å². The minimum atomic E-state index is -0.801. The molecule has 0 saturated heterocycles. The Balaban J connectivity index is 1.79. The van der Waals surface area contributed by atoms with Crippen molar-refractivity contribution < 1.29 is 14.7 Å². The molecule has 2 rings (SSSR count). The fourth-order valence-electron chi connectivity index (χ4n) is 2.43. The molecule has 2 atom stereocenters. The molecule has 0 radical (unpaired) electrons. The van der Waals surface area contributed by atoms with Crippen molar-refractivity contribution in [3.63, 3.8) is 0 Å². The zero-order valence-electron chi connectivity index (χ0n) is 10.4. The highest BCUT2D eigenvalue weighted by Crippen LogP contribution is 2.26. The summed E-state index contributed by atoms with van der Waals surface area (Å²) in [6, 6.07) is 1.81. The molecule has 6 heteroatoms. The van der Waals surface area contributed by atoms with Crippen LogP contribution in [-0.4, -0.2) is 23.0 Å². The summed E-state index contributed by atoms with van der Waals surface area (Å²) in [6.45, 7) is 0. The third-order valence-corrected chi connectivity index (χ3v) is 5.16. The van der Waals surface area contributed by atoms with Crippen LogP contribution in [0.1, 0.15) is 30.6 Å². The molecule has 1 saturated carbocycles. The Hall–Kier alpha value is -0.880. The average Bonchev–Trinajstić information content (AvgIpc) is 2.95. The third-order valence-electron chi connectivity index (χ3n) is 3.40. The number of carboxylic acids is 1. The van der Waals surface area contributed by atoms with Crippen molar-refractivity contribution in [3.05, 3.63) is 20.8 Å². The van der Waals surface area contributed by atoms with Crippen LogP contribution in [-0.2, 0) is 16.0 Å². The Labute approximate surface area is 124 Å². The summed E-state index contributed by atoms with van der Waals surface area (Å²) in [6.07, 6.45) is 3.42. The first kappa shape index (κ1) is 14.5. The Morgan fingerprint density at radius 2 is 2.26 bits per heavy atom. The molecule has 4 nitrogen and oxygen atoms in total. The summed E-state index contributed by atoms with van der Waals surface area (Å²) in [5.41, 5.74) is 0. The van der Waals surface area contributed by atoms with Gasteiger partial charge in [0.2, 0.25) is 5.91 Å². The number of aryl methyl sites for hydroxylation is 1. The first-order chi connectivity index (χ1) is 9.06. The second-order valence-electron chi connectivity index (χ2n) is 4.78. The number of hydrogen-bond acceptors (Lipinski definition) is 3. The number of hydrogen-bond donors (Lipinski definition) is 2. The van der Waals surface area contributed by atoms with Crippen molar-refractivity contribution in [3.8, 4) is 0 Å². The lowest BCUT2D eigenvalue weighted by molar-refractivity contribution is -0.142. The minimum Gasteiger partial charge on any atom is -0.481 e. The predicted molar refractivity (Wildman–Crippen MR) is 77.2 cm³/mol. The van der Waals surface area contributed by atoms with Gasteiger partial charge < -0.3 is 10.4 Å². The first-order valence-electron chi connectivity index (χ1n) is 6.31. The van der Waals surface area contributed by atoms with Gasteiger partial charge in [0.05, 0.1) is 5.92 Å². The van der Waals surface area contributed by atoms with Gasteiger partial charge in [0, 0.05) is 27.2 Å². The molecule has 0 aliphatic heterocycles. The molecule has 0 aromatic carbocycles. The van der Waals surface area contributed by atoms with Gasteiger partial charge in [-0.15, -0.1) is 11.3 Å². The van der Waals surface area contributed by atoms with E-state index in [0.29, 0.717) is 19.3 Å². The Morgan fingerprint density at radius 3 is 2.89 bits per heavy atom. The number of amides is 1. The highest BCUT2D eigenvalue weighted by Gasteiger charge is 2.33. The molecule has 1 aliphatic carbocycles. The highest BCUT2D eigenvalue weighted by atomic mass is 79.9. The zero-order valence-corrected chi connectivity index (χ0v) is 12.8. The van der Waals surface area contributed by atoms with Crippen LogP contribution in [0, 0.1) is 5.92 Å². The maximum absolute atomic E-state index is 11.8. The lowest BCUT2D eigenvalue weighted by Gasteiger charge is -2.17. The number of carbonyl (C=O) groups excluding carboxylic acids is 1. The summed E-state index contributed by atoms with van der Waals surface area (Å²) >= 11 is 5.00. The number of halogens is 1. The van der Waals surface area contributed by atoms with Crippen LogP contribution in [0.2, 0.25) is 0 Å². The topological polar surface area (TPSA) is 66.4 Å². The molecule has 104 valence electrons. The number of nitrogens with one attached hydrogen (secondary N) is 1. The second-order valence-corrected chi connectivity index (χ2v) is 6.69. The molecule has 1 aromatic rings. The smallest absolute Gasteiger partial charge is 0.308 e. The van der Waals surface area contributed by atoms with Crippen molar-refractivity contribution in [2.24, 2.45) is 5.92 Å². The summed E-state index contributed by atoms with van der Waals surface area (Å²) in [5, 5.41) is 13.9. The van der Waals surface area contributed by atoms with Gasteiger partial charge in [0.25, 0.3) is 0 Å². The minimum absolute atomic E-state index is 0.0531. The van der Waals surface area contributed by atoms with Gasteiger partial charge in [-0.25, -0.2) is 0 Å². The van der Waals surface area contributed by atoms with Crippen LogP contribution in [0.5, 0.6) is 0 Å². The van der Waals surface area contributed by atoms with Gasteiger partial charge in [-0.3, -0.25) is 9.59 Å². The number of carbonyl (C=O) groups is 2. The van der Waals surface area contributed by atoms with E-state index >= 15 is 0 Å². The lowest BCUT2D eigenvalue weighted by atomic mass is 10.0. The Bertz CT molecular complexity index is 474. The molecule has 0 unspecified atom stereocenters. The number of aliphatic carboxylic acids is 1. The molecule has 1 aliphatic rings.